The summed E-state index contributed by atoms with van der Waals surface area (Å²) in [6, 6.07) is 15.2. The molecule has 0 unspecified atom stereocenters. The fourth-order valence-electron chi connectivity index (χ4n) is 2.09. The molecule has 0 atom stereocenters. The molecular formula is C15H11ClN2O. The molecule has 94 valence electrons. The van der Waals surface area contributed by atoms with E-state index in [2.05, 4.69) is 10.3 Å². The summed E-state index contributed by atoms with van der Waals surface area (Å²) in [7, 11) is 0. The first-order chi connectivity index (χ1) is 9.24. The molecule has 1 heterocycles. The minimum absolute atomic E-state index is 0.116. The number of carbonyl (C=O) groups excluding carboxylic acids is 1. The highest BCUT2D eigenvalue weighted by Gasteiger charge is 2.17. The molecule has 2 aromatic rings. The Labute approximate surface area is 115 Å². The van der Waals surface area contributed by atoms with Crippen LogP contribution >= 0.6 is 11.6 Å². The molecule has 19 heavy (non-hydrogen) atoms. The van der Waals surface area contributed by atoms with Gasteiger partial charge < -0.3 is 5.32 Å². The number of hydrogen-bond donors (Lipinski definition) is 1. The van der Waals surface area contributed by atoms with Crippen LogP contribution in [-0.4, -0.2) is 18.2 Å². The van der Waals surface area contributed by atoms with Crippen LogP contribution in [0.5, 0.6) is 0 Å². The van der Waals surface area contributed by atoms with Gasteiger partial charge in [-0.05, 0) is 18.2 Å². The molecule has 0 bridgehead atoms. The van der Waals surface area contributed by atoms with Crippen LogP contribution in [0.1, 0.15) is 11.1 Å². The van der Waals surface area contributed by atoms with Gasteiger partial charge in [-0.2, -0.15) is 0 Å². The molecule has 0 aromatic heterocycles. The van der Waals surface area contributed by atoms with Crippen LogP contribution in [0.2, 0.25) is 5.02 Å². The second-order valence-electron chi connectivity index (χ2n) is 4.27. The number of hydrogen-bond acceptors (Lipinski definition) is 2. The lowest BCUT2D eigenvalue weighted by Gasteiger charge is -2.10. The number of rotatable bonds is 1. The lowest BCUT2D eigenvalue weighted by atomic mass is 10.1. The van der Waals surface area contributed by atoms with Gasteiger partial charge in [0, 0.05) is 16.1 Å². The fraction of sp³-hybridized carbons (Fsp3) is 0.0667. The van der Waals surface area contributed by atoms with E-state index >= 15 is 0 Å². The van der Waals surface area contributed by atoms with Gasteiger partial charge in [0.05, 0.1) is 11.4 Å². The summed E-state index contributed by atoms with van der Waals surface area (Å²) < 4.78 is 0. The maximum Gasteiger partial charge on any atom is 0.246 e. The van der Waals surface area contributed by atoms with Crippen LogP contribution in [0.25, 0.3) is 0 Å². The van der Waals surface area contributed by atoms with Crippen molar-refractivity contribution in [2.75, 3.05) is 11.9 Å². The van der Waals surface area contributed by atoms with E-state index in [0.717, 1.165) is 22.5 Å². The molecule has 0 saturated carbocycles. The number of benzene rings is 2. The maximum absolute atomic E-state index is 11.7. The monoisotopic (exact) mass is 271 g/mol. The number of fused-ring (bicyclic) bond motifs is 1. The van der Waals surface area contributed by atoms with Crippen molar-refractivity contribution in [2.24, 2.45) is 4.99 Å². The lowest BCUT2D eigenvalue weighted by Crippen LogP contribution is -2.13. The van der Waals surface area contributed by atoms with Crippen molar-refractivity contribution in [1.29, 1.82) is 0 Å². The summed E-state index contributed by atoms with van der Waals surface area (Å²) in [6.07, 6.45) is 0. The highest BCUT2D eigenvalue weighted by Crippen LogP contribution is 2.25. The predicted octanol–water partition coefficient (Wildman–Crippen LogP) is 3.13. The molecule has 1 N–H and O–H groups in total. The van der Waals surface area contributed by atoms with E-state index in [4.69, 9.17) is 11.6 Å². The first kappa shape index (κ1) is 11.9. The Balaban J connectivity index is 2.20. The van der Waals surface area contributed by atoms with Crippen LogP contribution in [0.3, 0.4) is 0 Å². The molecule has 3 rings (SSSR count). The van der Waals surface area contributed by atoms with E-state index in [1.807, 2.05) is 36.4 Å². The number of nitrogens with zero attached hydrogens (tertiary/aromatic N) is 1. The lowest BCUT2D eigenvalue weighted by molar-refractivity contribution is -0.114. The minimum Gasteiger partial charge on any atom is -0.324 e. The SMILES string of the molecule is O=C1CN=[13C](c2ccccc2)c2cc(Cl)ccc2N1. The normalized spacial score (nSPS) is 14.2. The summed E-state index contributed by atoms with van der Waals surface area (Å²) in [6.45, 7) is 0.122. The predicted molar refractivity (Wildman–Crippen MR) is 77.0 cm³/mol. The van der Waals surface area contributed by atoms with Crippen molar-refractivity contribution < 1.29 is 4.79 Å². The first-order valence-electron chi connectivity index (χ1n) is 5.94. The molecule has 3 nitrogen and oxygen atoms in total. The Hall–Kier alpha value is -2.13. The van der Waals surface area contributed by atoms with Crippen molar-refractivity contribution in [3.05, 3.63) is 64.7 Å². The second kappa shape index (κ2) is 4.86. The Morgan fingerprint density at radius 1 is 1.11 bits per heavy atom. The Kier molecular flexibility index (Phi) is 3.05. The highest BCUT2D eigenvalue weighted by atomic mass is 35.5. The smallest absolute Gasteiger partial charge is 0.246 e. The average molecular weight is 272 g/mol. The van der Waals surface area contributed by atoms with E-state index in [9.17, 15) is 4.79 Å². The topological polar surface area (TPSA) is 41.5 Å². The quantitative estimate of drug-likeness (QED) is 0.796. The molecule has 0 fully saturated rings. The van der Waals surface area contributed by atoms with E-state index in [-0.39, 0.29) is 12.5 Å². The largest absolute Gasteiger partial charge is 0.324 e. The van der Waals surface area contributed by atoms with Gasteiger partial charge in [0.2, 0.25) is 5.91 Å². The Morgan fingerprint density at radius 3 is 2.68 bits per heavy atom. The van der Waals surface area contributed by atoms with Crippen molar-refractivity contribution in [3.8, 4) is 0 Å². The maximum atomic E-state index is 11.7. The number of carbonyl (C=O) groups is 1. The summed E-state index contributed by atoms with van der Waals surface area (Å²) >= 11 is 6.05. The molecule has 4 heteroatoms. The summed E-state index contributed by atoms with van der Waals surface area (Å²) in [5, 5.41) is 3.46. The standard InChI is InChI=1S/C15H11ClN2O/c16-11-6-7-13-12(8-11)15(17-9-14(19)18-13)10-4-2-1-3-5-10/h1-8H,9H2,(H,18,19)/i15+1. The van der Waals surface area contributed by atoms with Crippen molar-refractivity contribution >= 4 is 28.9 Å². The van der Waals surface area contributed by atoms with Crippen LogP contribution in [-0.2, 0) is 4.79 Å². The van der Waals surface area contributed by atoms with Crippen LogP contribution < -0.4 is 5.32 Å². The van der Waals surface area contributed by atoms with Gasteiger partial charge in [0.15, 0.2) is 0 Å². The van der Waals surface area contributed by atoms with Gasteiger partial charge in [-0.25, -0.2) is 0 Å². The number of anilines is 1. The third kappa shape index (κ3) is 2.37. The van der Waals surface area contributed by atoms with E-state index in [0.29, 0.717) is 5.02 Å². The van der Waals surface area contributed by atoms with Gasteiger partial charge >= 0.3 is 0 Å². The summed E-state index contributed by atoms with van der Waals surface area (Å²) in [5.41, 5.74) is 3.36. The first-order valence-corrected chi connectivity index (χ1v) is 6.31. The molecule has 1 aliphatic rings. The average Bonchev–Trinajstić information content (AvgIpc) is 2.58. The third-order valence-corrected chi connectivity index (χ3v) is 3.17. The van der Waals surface area contributed by atoms with Crippen LogP contribution in [0, 0.1) is 0 Å². The number of benzodiazepines with no additional fused rings is 1. The zero-order valence-electron chi connectivity index (χ0n) is 10.1. The molecule has 2 aromatic carbocycles. The third-order valence-electron chi connectivity index (χ3n) is 2.94. The highest BCUT2D eigenvalue weighted by molar-refractivity contribution is 6.31. The van der Waals surface area contributed by atoms with Gasteiger partial charge in [-0.1, -0.05) is 41.9 Å². The molecule has 0 radical (unpaired) electrons. The van der Waals surface area contributed by atoms with Gasteiger partial charge in [-0.15, -0.1) is 0 Å². The van der Waals surface area contributed by atoms with E-state index in [1.165, 1.54) is 0 Å². The number of aliphatic imine (C=N–C) groups is 1. The van der Waals surface area contributed by atoms with Crippen LogP contribution in [0.15, 0.2) is 53.5 Å². The minimum atomic E-state index is -0.116. The van der Waals surface area contributed by atoms with Crippen molar-refractivity contribution in [3.63, 3.8) is 0 Å². The van der Waals surface area contributed by atoms with Gasteiger partial charge in [0.25, 0.3) is 0 Å². The zero-order chi connectivity index (χ0) is 13.2. The molecular weight excluding hydrogens is 261 g/mol. The van der Waals surface area contributed by atoms with Crippen molar-refractivity contribution in [1.82, 2.24) is 0 Å². The molecule has 0 saturated heterocycles. The summed E-state index contributed by atoms with van der Waals surface area (Å²) in [4.78, 5) is 16.1. The number of amides is 1. The van der Waals surface area contributed by atoms with Gasteiger partial charge in [0.1, 0.15) is 6.54 Å². The van der Waals surface area contributed by atoms with E-state index < -0.39 is 0 Å². The Morgan fingerprint density at radius 2 is 1.89 bits per heavy atom. The second-order valence-corrected chi connectivity index (χ2v) is 4.71. The molecule has 1 aliphatic heterocycles. The Bertz CT molecular complexity index is 665. The summed E-state index contributed by atoms with van der Waals surface area (Å²) in [5.74, 6) is -0.116. The molecule has 1 amide bonds. The number of nitrogens with one attached hydrogen (secondary N) is 1. The number of halogens is 1. The van der Waals surface area contributed by atoms with Crippen LogP contribution in [0.4, 0.5) is 5.69 Å². The fourth-order valence-corrected chi connectivity index (χ4v) is 2.26. The zero-order valence-corrected chi connectivity index (χ0v) is 10.8. The molecule has 0 aliphatic carbocycles. The van der Waals surface area contributed by atoms with Gasteiger partial charge in [-0.3, -0.25) is 9.79 Å². The van der Waals surface area contributed by atoms with Crippen molar-refractivity contribution in [2.45, 2.75) is 0 Å². The molecule has 0 spiro atoms. The van der Waals surface area contributed by atoms with E-state index in [1.54, 1.807) is 12.1 Å².